The van der Waals surface area contributed by atoms with Crippen LogP contribution in [0.1, 0.15) is 31.2 Å². The number of hydrogen-bond acceptors (Lipinski definition) is 4. The van der Waals surface area contributed by atoms with E-state index < -0.39 is 0 Å². The lowest BCUT2D eigenvalue weighted by atomic mass is 9.93. The van der Waals surface area contributed by atoms with E-state index in [0.29, 0.717) is 18.5 Å². The predicted molar refractivity (Wildman–Crippen MR) is 84.9 cm³/mol. The van der Waals surface area contributed by atoms with Crippen LogP contribution in [0.2, 0.25) is 0 Å². The molecule has 1 aliphatic rings. The van der Waals surface area contributed by atoms with Crippen LogP contribution in [0.5, 0.6) is 0 Å². The molecular formula is C14H25ClN4O2. The molecule has 0 saturated carbocycles. The van der Waals surface area contributed by atoms with Gasteiger partial charge in [-0.25, -0.2) is 0 Å². The van der Waals surface area contributed by atoms with E-state index in [0.717, 1.165) is 43.1 Å². The zero-order valence-corrected chi connectivity index (χ0v) is 13.7. The van der Waals surface area contributed by atoms with E-state index in [1.165, 1.54) is 0 Å². The van der Waals surface area contributed by atoms with Crippen LogP contribution in [0.3, 0.4) is 0 Å². The number of rotatable bonds is 5. The maximum Gasteiger partial charge on any atom is 0.238 e. The molecule has 6 nitrogen and oxygen atoms in total. The Morgan fingerprint density at radius 3 is 2.67 bits per heavy atom. The van der Waals surface area contributed by atoms with Gasteiger partial charge in [-0.1, -0.05) is 0 Å². The highest BCUT2D eigenvalue weighted by atomic mass is 35.5. The fourth-order valence-electron chi connectivity index (χ4n) is 2.55. The van der Waals surface area contributed by atoms with Gasteiger partial charge >= 0.3 is 0 Å². The first kappa shape index (κ1) is 17.9. The number of halogens is 1. The van der Waals surface area contributed by atoms with Crippen molar-refractivity contribution in [1.82, 2.24) is 15.5 Å². The van der Waals surface area contributed by atoms with Gasteiger partial charge in [0, 0.05) is 19.3 Å². The number of nitrogens with zero attached hydrogens (tertiary/aromatic N) is 1. The molecule has 0 radical (unpaired) electrons. The Hall–Kier alpha value is -1.11. The minimum absolute atomic E-state index is 0. The molecule has 120 valence electrons. The third kappa shape index (κ3) is 4.98. The fraction of sp³-hybridized carbons (Fsp3) is 0.714. The smallest absolute Gasteiger partial charge is 0.238 e. The summed E-state index contributed by atoms with van der Waals surface area (Å²) >= 11 is 0. The number of aromatic amines is 1. The number of amides is 1. The van der Waals surface area contributed by atoms with Crippen molar-refractivity contribution < 1.29 is 9.53 Å². The summed E-state index contributed by atoms with van der Waals surface area (Å²) in [6, 6.07) is 0.330. The van der Waals surface area contributed by atoms with Crippen molar-refractivity contribution in [3.05, 3.63) is 11.4 Å². The summed E-state index contributed by atoms with van der Waals surface area (Å²) in [5.41, 5.74) is 2.48. The fourth-order valence-corrected chi connectivity index (χ4v) is 2.55. The van der Waals surface area contributed by atoms with Gasteiger partial charge in [0.15, 0.2) is 0 Å². The molecule has 3 N–H and O–H groups in total. The molecule has 1 atom stereocenters. The molecule has 1 saturated heterocycles. The number of ether oxygens (including phenoxy) is 1. The highest BCUT2D eigenvalue weighted by Gasteiger charge is 2.20. The molecule has 1 aromatic heterocycles. The van der Waals surface area contributed by atoms with Gasteiger partial charge in [-0.05, 0) is 39.5 Å². The number of anilines is 1. The minimum atomic E-state index is -0.0310. The Labute approximate surface area is 131 Å². The number of nitrogens with one attached hydrogen (secondary N) is 3. The number of aryl methyl sites for hydroxylation is 2. The van der Waals surface area contributed by atoms with Crippen LogP contribution >= 0.6 is 12.4 Å². The van der Waals surface area contributed by atoms with E-state index in [4.69, 9.17) is 4.74 Å². The van der Waals surface area contributed by atoms with Crippen LogP contribution in [0, 0.1) is 19.8 Å². The van der Waals surface area contributed by atoms with Crippen molar-refractivity contribution >= 4 is 24.0 Å². The van der Waals surface area contributed by atoms with Gasteiger partial charge < -0.3 is 15.4 Å². The first-order valence-electron chi connectivity index (χ1n) is 7.20. The van der Waals surface area contributed by atoms with Crippen LogP contribution < -0.4 is 10.6 Å². The highest BCUT2D eigenvalue weighted by Crippen LogP contribution is 2.18. The van der Waals surface area contributed by atoms with Crippen LogP contribution in [0.25, 0.3) is 0 Å². The van der Waals surface area contributed by atoms with E-state index in [2.05, 4.69) is 27.8 Å². The molecule has 0 aliphatic carbocycles. The normalized spacial score (nSPS) is 17.1. The summed E-state index contributed by atoms with van der Waals surface area (Å²) in [5, 5.41) is 13.1. The standard InChI is InChI=1S/C14H24N4O2.ClH/c1-9(12-4-6-20-7-5-12)15-8-13(19)16-14-10(2)17-18-11(14)3;/h9,12,15H,4-8H2,1-3H3,(H,16,19)(H,17,18);1H. The number of carbonyl (C=O) groups excluding carboxylic acids is 1. The quantitative estimate of drug-likeness (QED) is 0.774. The second-order valence-corrected chi connectivity index (χ2v) is 5.48. The number of hydrogen-bond donors (Lipinski definition) is 3. The summed E-state index contributed by atoms with van der Waals surface area (Å²) < 4.78 is 5.35. The van der Waals surface area contributed by atoms with Crippen molar-refractivity contribution in [1.29, 1.82) is 0 Å². The maximum absolute atomic E-state index is 12.0. The van der Waals surface area contributed by atoms with Crippen LogP contribution in [-0.2, 0) is 9.53 Å². The largest absolute Gasteiger partial charge is 0.381 e. The summed E-state index contributed by atoms with van der Waals surface area (Å²) in [5.74, 6) is 0.561. The van der Waals surface area contributed by atoms with Gasteiger partial charge in [0.2, 0.25) is 5.91 Å². The van der Waals surface area contributed by atoms with Gasteiger partial charge in [-0.2, -0.15) is 5.10 Å². The number of aromatic nitrogens is 2. The van der Waals surface area contributed by atoms with Crippen LogP contribution in [0.4, 0.5) is 5.69 Å². The maximum atomic E-state index is 12.0. The highest BCUT2D eigenvalue weighted by molar-refractivity contribution is 5.93. The summed E-state index contributed by atoms with van der Waals surface area (Å²) in [7, 11) is 0. The lowest BCUT2D eigenvalue weighted by molar-refractivity contribution is -0.115. The van der Waals surface area contributed by atoms with Crippen molar-refractivity contribution in [2.45, 2.75) is 39.7 Å². The van der Waals surface area contributed by atoms with E-state index >= 15 is 0 Å². The van der Waals surface area contributed by atoms with Crippen LogP contribution in [-0.4, -0.2) is 41.9 Å². The van der Waals surface area contributed by atoms with Crippen molar-refractivity contribution in [3.8, 4) is 0 Å². The molecule has 0 aromatic carbocycles. The van der Waals surface area contributed by atoms with Crippen LogP contribution in [0.15, 0.2) is 0 Å². The summed E-state index contributed by atoms with van der Waals surface area (Å²) in [6.07, 6.45) is 2.13. The molecule has 0 spiro atoms. The third-order valence-corrected chi connectivity index (χ3v) is 3.95. The number of H-pyrrole nitrogens is 1. The first-order chi connectivity index (χ1) is 9.58. The molecule has 0 bridgehead atoms. The first-order valence-corrected chi connectivity index (χ1v) is 7.20. The lowest BCUT2D eigenvalue weighted by Gasteiger charge is -2.28. The SMILES string of the molecule is Cc1n[nH]c(C)c1NC(=O)CNC(C)C1CCOCC1.Cl. The van der Waals surface area contributed by atoms with E-state index in [-0.39, 0.29) is 18.3 Å². The average Bonchev–Trinajstić information content (AvgIpc) is 2.77. The molecular weight excluding hydrogens is 292 g/mol. The topological polar surface area (TPSA) is 79.0 Å². The van der Waals surface area contributed by atoms with Gasteiger partial charge in [0.25, 0.3) is 0 Å². The molecule has 1 fully saturated rings. The van der Waals surface area contributed by atoms with Gasteiger partial charge in [-0.15, -0.1) is 12.4 Å². The van der Waals surface area contributed by atoms with Gasteiger partial charge in [-0.3, -0.25) is 9.89 Å². The Morgan fingerprint density at radius 1 is 1.43 bits per heavy atom. The number of carbonyl (C=O) groups is 1. The molecule has 1 unspecified atom stereocenters. The van der Waals surface area contributed by atoms with E-state index in [1.807, 2.05) is 13.8 Å². The monoisotopic (exact) mass is 316 g/mol. The summed E-state index contributed by atoms with van der Waals surface area (Å²) in [4.78, 5) is 12.0. The minimum Gasteiger partial charge on any atom is -0.381 e. The van der Waals surface area contributed by atoms with Crippen molar-refractivity contribution in [2.75, 3.05) is 25.1 Å². The molecule has 21 heavy (non-hydrogen) atoms. The van der Waals surface area contributed by atoms with Gasteiger partial charge in [0.1, 0.15) is 0 Å². The molecule has 2 heterocycles. The molecule has 1 aliphatic heterocycles. The Balaban J connectivity index is 0.00000220. The Bertz CT molecular complexity index is 438. The molecule has 2 rings (SSSR count). The zero-order chi connectivity index (χ0) is 14.5. The zero-order valence-electron chi connectivity index (χ0n) is 12.9. The summed E-state index contributed by atoms with van der Waals surface area (Å²) in [6.45, 7) is 7.89. The van der Waals surface area contributed by atoms with Crippen molar-refractivity contribution in [3.63, 3.8) is 0 Å². The third-order valence-electron chi connectivity index (χ3n) is 3.95. The predicted octanol–water partition coefficient (Wildman–Crippen LogP) is 1.79. The van der Waals surface area contributed by atoms with E-state index in [1.54, 1.807) is 0 Å². The Kier molecular flexibility index (Phi) is 7.14. The van der Waals surface area contributed by atoms with Gasteiger partial charge in [0.05, 0.1) is 23.6 Å². The second kappa shape index (κ2) is 8.36. The molecule has 7 heteroatoms. The van der Waals surface area contributed by atoms with E-state index in [9.17, 15) is 4.79 Å². The van der Waals surface area contributed by atoms with Crippen molar-refractivity contribution in [2.24, 2.45) is 5.92 Å². The second-order valence-electron chi connectivity index (χ2n) is 5.48. The average molecular weight is 317 g/mol. The molecule has 1 amide bonds. The Morgan fingerprint density at radius 2 is 2.10 bits per heavy atom. The molecule has 1 aromatic rings. The lowest BCUT2D eigenvalue weighted by Crippen LogP contribution is -2.40.